The van der Waals surface area contributed by atoms with Crippen LogP contribution in [0.15, 0.2) is 0 Å². The van der Waals surface area contributed by atoms with Crippen molar-refractivity contribution in [1.29, 1.82) is 0 Å². The summed E-state index contributed by atoms with van der Waals surface area (Å²) in [6, 6.07) is -1.32. The lowest BCUT2D eigenvalue weighted by molar-refractivity contribution is -0.125. The van der Waals surface area contributed by atoms with Crippen molar-refractivity contribution in [2.45, 2.75) is 24.4 Å². The van der Waals surface area contributed by atoms with Crippen molar-refractivity contribution in [3.05, 3.63) is 0 Å². The highest BCUT2D eigenvalue weighted by Crippen LogP contribution is 2.03. The van der Waals surface area contributed by atoms with Gasteiger partial charge in [0.05, 0.1) is 6.61 Å². The normalized spacial score (nSPS) is 19.1. The zero-order chi connectivity index (χ0) is 11.1. The van der Waals surface area contributed by atoms with Crippen LogP contribution in [-0.2, 0) is 9.59 Å². The SMILES string of the molecule is O=CNC(C=O)C(O)C(O)C(O)CO. The van der Waals surface area contributed by atoms with E-state index in [1.807, 2.05) is 5.32 Å². The van der Waals surface area contributed by atoms with E-state index in [0.717, 1.165) is 0 Å². The Morgan fingerprint density at radius 3 is 2.07 bits per heavy atom. The van der Waals surface area contributed by atoms with Gasteiger partial charge in [-0.15, -0.1) is 0 Å². The van der Waals surface area contributed by atoms with Crippen molar-refractivity contribution in [3.63, 3.8) is 0 Å². The summed E-state index contributed by atoms with van der Waals surface area (Å²) in [5.41, 5.74) is 0. The van der Waals surface area contributed by atoms with Crippen LogP contribution in [0.5, 0.6) is 0 Å². The van der Waals surface area contributed by atoms with E-state index < -0.39 is 31.0 Å². The maximum atomic E-state index is 10.3. The summed E-state index contributed by atoms with van der Waals surface area (Å²) in [6.45, 7) is -0.759. The van der Waals surface area contributed by atoms with E-state index >= 15 is 0 Å². The molecular formula is C7H13NO6. The molecule has 4 unspecified atom stereocenters. The first-order valence-electron chi connectivity index (χ1n) is 3.88. The standard InChI is InChI=1S/C7H13NO6/c9-1-4(8-3-11)6(13)7(14)5(12)2-10/h1,3-7,10,12-14H,2H2,(H,8,11). The predicted octanol–water partition coefficient (Wildman–Crippen LogP) is -3.63. The van der Waals surface area contributed by atoms with Crippen LogP contribution in [0.2, 0.25) is 0 Å². The third kappa shape index (κ3) is 3.38. The largest absolute Gasteiger partial charge is 0.394 e. The lowest BCUT2D eigenvalue weighted by atomic mass is 10.0. The fourth-order valence-corrected chi connectivity index (χ4v) is 0.845. The Morgan fingerprint density at radius 2 is 1.71 bits per heavy atom. The zero-order valence-corrected chi connectivity index (χ0v) is 7.28. The van der Waals surface area contributed by atoms with E-state index in [0.29, 0.717) is 0 Å². The average molecular weight is 207 g/mol. The van der Waals surface area contributed by atoms with Crippen LogP contribution in [0.3, 0.4) is 0 Å². The second kappa shape index (κ2) is 6.44. The Morgan fingerprint density at radius 1 is 1.14 bits per heavy atom. The van der Waals surface area contributed by atoms with Crippen LogP contribution >= 0.6 is 0 Å². The van der Waals surface area contributed by atoms with Gasteiger partial charge in [-0.05, 0) is 0 Å². The molecule has 0 aromatic carbocycles. The molecule has 0 saturated heterocycles. The molecule has 0 heterocycles. The van der Waals surface area contributed by atoms with Gasteiger partial charge in [-0.2, -0.15) is 0 Å². The molecule has 7 heteroatoms. The van der Waals surface area contributed by atoms with Gasteiger partial charge in [0.25, 0.3) is 0 Å². The van der Waals surface area contributed by atoms with E-state index in [-0.39, 0.29) is 12.7 Å². The number of aliphatic hydroxyl groups excluding tert-OH is 4. The lowest BCUT2D eigenvalue weighted by Gasteiger charge is -2.24. The Balaban J connectivity index is 4.31. The number of hydrogen-bond acceptors (Lipinski definition) is 6. The van der Waals surface area contributed by atoms with Crippen molar-refractivity contribution in [1.82, 2.24) is 5.32 Å². The first-order chi connectivity index (χ1) is 6.58. The fourth-order valence-electron chi connectivity index (χ4n) is 0.845. The lowest BCUT2D eigenvalue weighted by Crippen LogP contribution is -2.51. The number of hydrogen-bond donors (Lipinski definition) is 5. The molecule has 0 aromatic heterocycles. The van der Waals surface area contributed by atoms with E-state index in [1.165, 1.54) is 0 Å². The molecule has 0 rings (SSSR count). The Kier molecular flexibility index (Phi) is 5.97. The number of aldehydes is 1. The molecule has 0 fully saturated rings. The number of carbonyl (C=O) groups is 2. The van der Waals surface area contributed by atoms with Crippen molar-refractivity contribution < 1.29 is 30.0 Å². The first kappa shape index (κ1) is 13.0. The number of aliphatic hydroxyl groups is 4. The molecule has 1 amide bonds. The van der Waals surface area contributed by atoms with E-state index in [4.69, 9.17) is 15.3 Å². The molecular weight excluding hydrogens is 194 g/mol. The van der Waals surface area contributed by atoms with Gasteiger partial charge in [-0.3, -0.25) is 4.79 Å². The molecule has 0 spiro atoms. The summed E-state index contributed by atoms with van der Waals surface area (Å²) in [5, 5.41) is 37.7. The molecule has 14 heavy (non-hydrogen) atoms. The Hall–Kier alpha value is -1.02. The van der Waals surface area contributed by atoms with Crippen LogP contribution in [0.25, 0.3) is 0 Å². The summed E-state index contributed by atoms with van der Waals surface area (Å²) in [5.74, 6) is 0. The fraction of sp³-hybridized carbons (Fsp3) is 0.714. The highest BCUT2D eigenvalue weighted by atomic mass is 16.4. The topological polar surface area (TPSA) is 127 Å². The van der Waals surface area contributed by atoms with E-state index in [1.54, 1.807) is 0 Å². The van der Waals surface area contributed by atoms with Gasteiger partial charge < -0.3 is 30.5 Å². The minimum absolute atomic E-state index is 0.181. The predicted molar refractivity (Wildman–Crippen MR) is 44.2 cm³/mol. The third-order valence-electron chi connectivity index (χ3n) is 1.71. The molecule has 0 bridgehead atoms. The van der Waals surface area contributed by atoms with Crippen LogP contribution in [-0.4, -0.2) is 64.1 Å². The molecule has 0 aromatic rings. The van der Waals surface area contributed by atoms with Gasteiger partial charge in [-0.25, -0.2) is 0 Å². The molecule has 0 saturated carbocycles. The monoisotopic (exact) mass is 207 g/mol. The van der Waals surface area contributed by atoms with Gasteiger partial charge in [0.15, 0.2) is 0 Å². The van der Waals surface area contributed by atoms with Crippen molar-refractivity contribution in [3.8, 4) is 0 Å². The summed E-state index contributed by atoms with van der Waals surface area (Å²) in [7, 11) is 0. The maximum absolute atomic E-state index is 10.3. The van der Waals surface area contributed by atoms with Crippen LogP contribution < -0.4 is 5.32 Å². The molecule has 0 radical (unpaired) electrons. The number of amides is 1. The summed E-state index contributed by atoms with van der Waals surface area (Å²) < 4.78 is 0. The van der Waals surface area contributed by atoms with Gasteiger partial charge in [0.1, 0.15) is 30.6 Å². The minimum Gasteiger partial charge on any atom is -0.394 e. The Labute approximate surface area is 80.0 Å². The van der Waals surface area contributed by atoms with Crippen LogP contribution in [0, 0.1) is 0 Å². The van der Waals surface area contributed by atoms with Gasteiger partial charge in [0.2, 0.25) is 6.41 Å². The van der Waals surface area contributed by atoms with Gasteiger partial charge in [0, 0.05) is 0 Å². The van der Waals surface area contributed by atoms with Crippen molar-refractivity contribution in [2.75, 3.05) is 6.61 Å². The molecule has 0 aliphatic rings. The molecule has 4 atom stereocenters. The van der Waals surface area contributed by atoms with Crippen molar-refractivity contribution in [2.24, 2.45) is 0 Å². The van der Waals surface area contributed by atoms with Crippen LogP contribution in [0.4, 0.5) is 0 Å². The smallest absolute Gasteiger partial charge is 0.207 e. The second-order valence-corrected chi connectivity index (χ2v) is 2.68. The quantitative estimate of drug-likeness (QED) is 0.274. The summed E-state index contributed by atoms with van der Waals surface area (Å²) >= 11 is 0. The molecule has 0 aliphatic carbocycles. The maximum Gasteiger partial charge on any atom is 0.207 e. The highest BCUT2D eigenvalue weighted by Gasteiger charge is 2.30. The highest BCUT2D eigenvalue weighted by molar-refractivity contribution is 5.64. The summed E-state index contributed by atoms with van der Waals surface area (Å²) in [4.78, 5) is 20.3. The third-order valence-corrected chi connectivity index (χ3v) is 1.71. The zero-order valence-electron chi connectivity index (χ0n) is 7.28. The minimum atomic E-state index is -1.71. The molecule has 82 valence electrons. The van der Waals surface area contributed by atoms with Crippen LogP contribution in [0.1, 0.15) is 0 Å². The first-order valence-corrected chi connectivity index (χ1v) is 3.88. The average Bonchev–Trinajstić information content (AvgIpc) is 2.22. The summed E-state index contributed by atoms with van der Waals surface area (Å²) in [6.07, 6.45) is -4.55. The van der Waals surface area contributed by atoms with E-state index in [2.05, 4.69) is 0 Å². The molecule has 0 aliphatic heterocycles. The second-order valence-electron chi connectivity index (χ2n) is 2.68. The van der Waals surface area contributed by atoms with E-state index in [9.17, 15) is 14.7 Å². The number of rotatable bonds is 7. The number of carbonyl (C=O) groups excluding carboxylic acids is 2. The van der Waals surface area contributed by atoms with Crippen molar-refractivity contribution >= 4 is 12.7 Å². The van der Waals surface area contributed by atoms with Gasteiger partial charge in [-0.1, -0.05) is 0 Å². The van der Waals surface area contributed by atoms with Gasteiger partial charge >= 0.3 is 0 Å². The number of nitrogens with one attached hydrogen (secondary N) is 1. The Bertz CT molecular complexity index is 187. The molecule has 7 nitrogen and oxygen atoms in total. The molecule has 5 N–H and O–H groups in total.